The van der Waals surface area contributed by atoms with E-state index < -0.39 is 0 Å². The number of nitrogens with one attached hydrogen (secondary N) is 1. The monoisotopic (exact) mass is 241 g/mol. The highest BCUT2D eigenvalue weighted by Crippen LogP contribution is 2.30. The minimum absolute atomic E-state index is 0.579. The Morgan fingerprint density at radius 2 is 1.83 bits per heavy atom. The zero-order valence-corrected chi connectivity index (χ0v) is 11.8. The first kappa shape index (κ1) is 12.9. The quantitative estimate of drug-likeness (QED) is 0.830. The highest BCUT2D eigenvalue weighted by Gasteiger charge is 2.16. The lowest BCUT2D eigenvalue weighted by Gasteiger charge is -2.23. The number of hydrogen-bond donors (Lipinski definition) is 1. The van der Waals surface area contributed by atoms with E-state index in [4.69, 9.17) is 0 Å². The summed E-state index contributed by atoms with van der Waals surface area (Å²) in [6, 6.07) is 8.76. The minimum Gasteiger partial charge on any atom is -0.381 e. The molecule has 0 saturated heterocycles. The third-order valence-electron chi connectivity index (χ3n) is 3.83. The van der Waals surface area contributed by atoms with Crippen LogP contribution in [-0.2, 0) is 0 Å². The van der Waals surface area contributed by atoms with Crippen molar-refractivity contribution in [3.05, 3.63) is 53.1 Å². The first-order chi connectivity index (χ1) is 8.59. The van der Waals surface area contributed by atoms with E-state index in [9.17, 15) is 0 Å². The van der Waals surface area contributed by atoms with E-state index in [1.54, 1.807) is 0 Å². The van der Waals surface area contributed by atoms with Crippen molar-refractivity contribution in [1.82, 2.24) is 5.32 Å². The molecule has 1 nitrogen and oxygen atoms in total. The number of rotatable bonds is 3. The van der Waals surface area contributed by atoms with Crippen molar-refractivity contribution in [1.29, 1.82) is 0 Å². The maximum absolute atomic E-state index is 3.48. The van der Waals surface area contributed by atoms with Crippen LogP contribution in [0.1, 0.15) is 44.7 Å². The lowest BCUT2D eigenvalue weighted by Crippen LogP contribution is -2.18. The van der Waals surface area contributed by atoms with Crippen LogP contribution in [0, 0.1) is 5.92 Å². The van der Waals surface area contributed by atoms with Crippen LogP contribution < -0.4 is 5.32 Å². The molecule has 0 saturated carbocycles. The van der Waals surface area contributed by atoms with Crippen molar-refractivity contribution in [3.8, 4) is 0 Å². The van der Waals surface area contributed by atoms with Gasteiger partial charge >= 0.3 is 0 Å². The third kappa shape index (κ3) is 2.66. The van der Waals surface area contributed by atoms with Crippen LogP contribution in [0.4, 0.5) is 0 Å². The molecule has 1 N–H and O–H groups in total. The molecule has 1 aliphatic heterocycles. The summed E-state index contributed by atoms with van der Waals surface area (Å²) in [6.45, 7) is 9.98. The highest BCUT2D eigenvalue weighted by atomic mass is 14.9. The first-order valence-electron chi connectivity index (χ1n) is 6.81. The normalized spacial score (nSPS) is 16.9. The molecular weight excluding hydrogens is 218 g/mol. The molecule has 1 aliphatic rings. The summed E-state index contributed by atoms with van der Waals surface area (Å²) in [6.07, 6.45) is 4.47. The largest absolute Gasteiger partial charge is 0.381 e. The molecule has 0 aliphatic carbocycles. The van der Waals surface area contributed by atoms with Crippen molar-refractivity contribution in [2.24, 2.45) is 5.92 Å². The average molecular weight is 241 g/mol. The van der Waals surface area contributed by atoms with Gasteiger partial charge in [0.1, 0.15) is 0 Å². The highest BCUT2D eigenvalue weighted by molar-refractivity contribution is 5.70. The van der Waals surface area contributed by atoms with Gasteiger partial charge in [0.15, 0.2) is 0 Å². The molecule has 96 valence electrons. The molecule has 0 amide bonds. The van der Waals surface area contributed by atoms with Crippen LogP contribution in [0.5, 0.6) is 0 Å². The maximum atomic E-state index is 3.48. The summed E-state index contributed by atoms with van der Waals surface area (Å²) < 4.78 is 0. The van der Waals surface area contributed by atoms with Crippen molar-refractivity contribution < 1.29 is 0 Å². The standard InChI is InChI=1S/C17H23N/c1-12(2)14(4)15-7-5-6-8-16(15)17-11-13(3)9-10-18-17/h5-9,11-12,14,18H,10H2,1-4H3. The lowest BCUT2D eigenvalue weighted by molar-refractivity contribution is 0.534. The summed E-state index contributed by atoms with van der Waals surface area (Å²) in [5.41, 5.74) is 5.40. The Hall–Kier alpha value is -1.50. The van der Waals surface area contributed by atoms with Crippen molar-refractivity contribution in [2.75, 3.05) is 6.54 Å². The van der Waals surface area contributed by atoms with Gasteiger partial charge in [-0.05, 0) is 30.4 Å². The molecule has 2 rings (SSSR count). The molecule has 0 spiro atoms. The summed E-state index contributed by atoms with van der Waals surface area (Å²) in [4.78, 5) is 0. The van der Waals surface area contributed by atoms with Gasteiger partial charge in [0.2, 0.25) is 0 Å². The molecule has 0 fully saturated rings. The lowest BCUT2D eigenvalue weighted by atomic mass is 9.86. The van der Waals surface area contributed by atoms with Crippen LogP contribution in [0.15, 0.2) is 42.0 Å². The Morgan fingerprint density at radius 3 is 2.50 bits per heavy atom. The van der Waals surface area contributed by atoms with Gasteiger partial charge in [-0.3, -0.25) is 0 Å². The topological polar surface area (TPSA) is 12.0 Å². The van der Waals surface area contributed by atoms with Crippen LogP contribution in [0.3, 0.4) is 0 Å². The van der Waals surface area contributed by atoms with Crippen molar-refractivity contribution in [3.63, 3.8) is 0 Å². The fraction of sp³-hybridized carbons (Fsp3) is 0.412. The Labute approximate surface area is 111 Å². The fourth-order valence-corrected chi connectivity index (χ4v) is 2.33. The minimum atomic E-state index is 0.579. The zero-order chi connectivity index (χ0) is 13.1. The molecule has 1 atom stereocenters. The Morgan fingerprint density at radius 1 is 1.11 bits per heavy atom. The predicted octanol–water partition coefficient (Wildman–Crippen LogP) is 4.34. The second kappa shape index (κ2) is 5.43. The van der Waals surface area contributed by atoms with Gasteiger partial charge in [0.25, 0.3) is 0 Å². The summed E-state index contributed by atoms with van der Waals surface area (Å²) in [5, 5.41) is 3.48. The average Bonchev–Trinajstić information content (AvgIpc) is 2.38. The summed E-state index contributed by atoms with van der Waals surface area (Å²) in [7, 11) is 0. The van der Waals surface area contributed by atoms with E-state index in [2.05, 4.69) is 69.4 Å². The SMILES string of the molecule is CC1=CCNC(c2ccccc2C(C)C(C)C)=C1. The molecule has 0 bridgehead atoms. The van der Waals surface area contributed by atoms with Crippen LogP contribution >= 0.6 is 0 Å². The summed E-state index contributed by atoms with van der Waals surface area (Å²) in [5.74, 6) is 1.24. The fourth-order valence-electron chi connectivity index (χ4n) is 2.33. The summed E-state index contributed by atoms with van der Waals surface area (Å²) >= 11 is 0. The smallest absolute Gasteiger partial charge is 0.0421 e. The van der Waals surface area contributed by atoms with Crippen molar-refractivity contribution >= 4 is 5.70 Å². The second-order valence-electron chi connectivity index (χ2n) is 5.51. The van der Waals surface area contributed by atoms with Gasteiger partial charge in [0.05, 0.1) is 0 Å². The van der Waals surface area contributed by atoms with Crippen LogP contribution in [0.2, 0.25) is 0 Å². The van der Waals surface area contributed by atoms with Crippen molar-refractivity contribution in [2.45, 2.75) is 33.6 Å². The van der Waals surface area contributed by atoms with Crippen LogP contribution in [-0.4, -0.2) is 6.54 Å². The van der Waals surface area contributed by atoms with Crippen LogP contribution in [0.25, 0.3) is 5.70 Å². The molecule has 1 unspecified atom stereocenters. The zero-order valence-electron chi connectivity index (χ0n) is 11.8. The number of hydrogen-bond acceptors (Lipinski definition) is 1. The van der Waals surface area contributed by atoms with E-state index in [0.717, 1.165) is 6.54 Å². The molecule has 1 aromatic rings. The van der Waals surface area contributed by atoms with E-state index in [1.807, 2.05) is 0 Å². The molecule has 0 aromatic heterocycles. The Kier molecular flexibility index (Phi) is 3.90. The van der Waals surface area contributed by atoms with E-state index in [0.29, 0.717) is 11.8 Å². The molecule has 0 radical (unpaired) electrons. The maximum Gasteiger partial charge on any atom is 0.0421 e. The molecule has 1 heterocycles. The van der Waals surface area contributed by atoms with E-state index in [1.165, 1.54) is 22.4 Å². The predicted molar refractivity (Wildman–Crippen MR) is 79.4 cm³/mol. The second-order valence-corrected chi connectivity index (χ2v) is 5.51. The molecular formula is C17H23N. The van der Waals surface area contributed by atoms with E-state index >= 15 is 0 Å². The van der Waals surface area contributed by atoms with Gasteiger partial charge in [-0.15, -0.1) is 0 Å². The van der Waals surface area contributed by atoms with Gasteiger partial charge in [-0.2, -0.15) is 0 Å². The van der Waals surface area contributed by atoms with Gasteiger partial charge < -0.3 is 5.32 Å². The molecule has 1 heteroatoms. The van der Waals surface area contributed by atoms with Gasteiger partial charge in [-0.1, -0.05) is 56.7 Å². The van der Waals surface area contributed by atoms with Gasteiger partial charge in [0, 0.05) is 17.8 Å². The Balaban J connectivity index is 2.42. The first-order valence-corrected chi connectivity index (χ1v) is 6.81. The van der Waals surface area contributed by atoms with Gasteiger partial charge in [-0.25, -0.2) is 0 Å². The Bertz CT molecular complexity index is 480. The molecule has 1 aromatic carbocycles. The number of benzene rings is 1. The number of dihydropyridines is 1. The van der Waals surface area contributed by atoms with E-state index in [-0.39, 0.29) is 0 Å². The number of allylic oxidation sites excluding steroid dienone is 2. The third-order valence-corrected chi connectivity index (χ3v) is 3.83. The molecule has 18 heavy (non-hydrogen) atoms.